The third-order valence-corrected chi connectivity index (χ3v) is 24.9. The largest absolute Gasteiger partial charge is 0.494 e. The lowest BCUT2D eigenvalue weighted by molar-refractivity contribution is -0.126. The predicted octanol–water partition coefficient (Wildman–Crippen LogP) is 21.8. The van der Waals surface area contributed by atoms with E-state index >= 15 is 0 Å². The monoisotopic (exact) mass is 1840 g/mol. The van der Waals surface area contributed by atoms with E-state index < -0.39 is 17.7 Å². The van der Waals surface area contributed by atoms with E-state index in [9.17, 15) is 51.8 Å². The van der Waals surface area contributed by atoms with Gasteiger partial charge in [-0.25, -0.2) is 13.2 Å². The lowest BCUT2D eigenvalue weighted by Gasteiger charge is -2.44. The summed E-state index contributed by atoms with van der Waals surface area (Å²) in [6.45, 7) is 26.5. The standard InChI is InChI=1S/C21H24FNO2.C20H18FNO.C18H18FNO2S.C17H25NO3.C15H16Cl2N2O2.C14H17NO2.CH4/c1-3-23-13-12-21(25,17-8-10-18(22)11-9-17)19(14-23)20(24)16-6-4-15(2)5-7-16;1-14-7-9-18(12-20(14)21)22-15(2)13-23-19-10-8-16-5-3-4-6-17(16)11-19;1-12(21)17-11-23-18(20-17)14-4-8-16(9-5-14)22-10-13-2-6-15(19)7-3-13;1-2-3-12-21-16-6-4-15(5-7-16)17(19)8-9-18-10-13-20-14-11-18;1-2-3-9-19-13(11(16)12(17)15(19)21)18-14(20)10-7-5-4-6-8-10;1-2-3-4-7-10-15-12-9-6-5-8-11(12)13(16)14(15)17;/h4-11,19,25H,3,12-14H2,1-2H3;3-12,22H,2,13H2,1H3;2-9,17-18,20H,10-11H2,1H3;4-7H,2-3,8-14H2,1H3;4-8,13H,2-3,9H2,1H3,(H,18,20);5-6,8-9H,2-4,7,10H2,1H3;1H4. The number of benzene rings is 10. The number of ether oxygens (including phenoxy) is 4. The second-order valence-corrected chi connectivity index (χ2v) is 34.3. The Morgan fingerprint density at radius 2 is 1.24 bits per heavy atom. The number of hydrogen-bond acceptors (Lipinski definition) is 17. The van der Waals surface area contributed by atoms with Crippen LogP contribution in [0.5, 0.6) is 17.2 Å². The fourth-order valence-corrected chi connectivity index (χ4v) is 16.7. The number of aliphatic hydroxyl groups is 1. The molecule has 19 nitrogen and oxygen atoms in total. The number of aryl methyl sites for hydroxylation is 2. The zero-order valence-corrected chi connectivity index (χ0v) is 77.4. The van der Waals surface area contributed by atoms with Crippen LogP contribution in [-0.4, -0.2) is 157 Å². The number of amides is 3. The molecule has 25 heteroatoms. The number of nitrogens with zero attached hydrogens (tertiary/aromatic N) is 4. The Morgan fingerprint density at radius 3 is 1.90 bits per heavy atom. The van der Waals surface area contributed by atoms with Gasteiger partial charge in [0.25, 0.3) is 23.5 Å². The molecule has 0 saturated carbocycles. The minimum Gasteiger partial charge on any atom is -0.494 e. The Bertz CT molecular complexity index is 5420. The first-order chi connectivity index (χ1) is 62.8. The zero-order chi connectivity index (χ0) is 93.1. The van der Waals surface area contributed by atoms with Crippen molar-refractivity contribution >= 4 is 98.0 Å². The molecule has 10 aromatic rings. The van der Waals surface area contributed by atoms with Gasteiger partial charge in [-0.05, 0) is 195 Å². The van der Waals surface area contributed by atoms with Crippen molar-refractivity contribution in [3.05, 3.63) is 326 Å². The molecule has 5 aliphatic rings. The van der Waals surface area contributed by atoms with Gasteiger partial charge in [0.2, 0.25) is 0 Å². The Hall–Kier alpha value is -11.3. The van der Waals surface area contributed by atoms with Gasteiger partial charge in [0, 0.05) is 86.1 Å². The molecule has 0 radical (unpaired) electrons. The van der Waals surface area contributed by atoms with Gasteiger partial charge < -0.3 is 49.4 Å². The topological polar surface area (TPSA) is 226 Å². The Morgan fingerprint density at radius 1 is 0.618 bits per heavy atom. The van der Waals surface area contributed by atoms with E-state index in [-0.39, 0.29) is 87.2 Å². The number of rotatable bonds is 32. The van der Waals surface area contributed by atoms with Crippen molar-refractivity contribution in [2.45, 2.75) is 150 Å². The summed E-state index contributed by atoms with van der Waals surface area (Å²) in [6, 6.07) is 69.9. The molecule has 694 valence electrons. The Balaban J connectivity index is 0.000000177. The lowest BCUT2D eigenvalue weighted by Crippen LogP contribution is -2.53. The normalized spacial score (nSPS) is 17.4. The van der Waals surface area contributed by atoms with Crippen molar-refractivity contribution in [1.82, 2.24) is 25.3 Å². The molecule has 0 aliphatic carbocycles. The second-order valence-electron chi connectivity index (χ2n) is 32.3. The molecule has 5 atom stereocenters. The van der Waals surface area contributed by atoms with Gasteiger partial charge in [-0.15, -0.1) is 11.8 Å². The summed E-state index contributed by atoms with van der Waals surface area (Å²) in [5.41, 5.74) is 7.64. The molecule has 4 N–H and O–H groups in total. The van der Waals surface area contributed by atoms with E-state index in [1.165, 1.54) is 53.5 Å². The van der Waals surface area contributed by atoms with Crippen LogP contribution >= 0.6 is 35.0 Å². The van der Waals surface area contributed by atoms with Crippen LogP contribution in [-0.2, 0) is 31.3 Å². The Kier molecular flexibility index (Phi) is 41.6. The number of morpholine rings is 1. The summed E-state index contributed by atoms with van der Waals surface area (Å²) in [5.74, 6) is 0.732. The van der Waals surface area contributed by atoms with Gasteiger partial charge in [-0.1, -0.05) is 230 Å². The van der Waals surface area contributed by atoms with Crippen molar-refractivity contribution in [1.29, 1.82) is 0 Å². The van der Waals surface area contributed by atoms with Crippen molar-refractivity contribution in [3.8, 4) is 17.2 Å². The summed E-state index contributed by atoms with van der Waals surface area (Å²) in [6.07, 6.45) is 8.67. The molecule has 3 fully saturated rings. The van der Waals surface area contributed by atoms with E-state index in [2.05, 4.69) is 59.2 Å². The summed E-state index contributed by atoms with van der Waals surface area (Å²) in [4.78, 5) is 92.1. The molecule has 3 amide bonds. The highest BCUT2D eigenvalue weighted by molar-refractivity contribution is 7.99. The smallest absolute Gasteiger partial charge is 0.299 e. The molecule has 5 unspecified atom stereocenters. The van der Waals surface area contributed by atoms with Crippen LogP contribution in [0, 0.1) is 37.2 Å². The summed E-state index contributed by atoms with van der Waals surface area (Å²) < 4.78 is 62.0. The van der Waals surface area contributed by atoms with Gasteiger partial charge >= 0.3 is 0 Å². The number of hydrogen-bond donors (Lipinski definition) is 4. The van der Waals surface area contributed by atoms with Crippen LogP contribution in [0.1, 0.15) is 181 Å². The first-order valence-electron chi connectivity index (χ1n) is 44.5. The molecule has 0 spiro atoms. The predicted molar refractivity (Wildman–Crippen MR) is 519 cm³/mol. The van der Waals surface area contributed by atoms with E-state index in [0.29, 0.717) is 91.4 Å². The highest BCUT2D eigenvalue weighted by Crippen LogP contribution is 2.41. The fraction of sp³-hybridized carbons (Fsp3) is 0.349. The summed E-state index contributed by atoms with van der Waals surface area (Å²) in [7, 11) is 0. The lowest BCUT2D eigenvalue weighted by atomic mass is 9.72. The molecular weight excluding hydrogens is 1720 g/mol. The number of carbonyl (C=O) groups is 7. The average Bonchev–Trinajstić information content (AvgIpc) is 0.910. The number of thioether (sulfide) groups is 1. The number of para-hydroxylation sites is 1. The number of Topliss-reactive ketones (excluding diaryl/α,β-unsaturated/α-hetero) is 4. The van der Waals surface area contributed by atoms with Gasteiger partial charge in [0.1, 0.15) is 70.5 Å². The third kappa shape index (κ3) is 30.7. The quantitative estimate of drug-likeness (QED) is 0.0175. The molecule has 5 aliphatic heterocycles. The van der Waals surface area contributed by atoms with E-state index in [0.717, 1.165) is 141 Å². The molecular formula is C106H122Cl2F3N7O12S. The van der Waals surface area contributed by atoms with Crippen LogP contribution in [0.4, 0.5) is 24.5 Å². The average molecular weight is 1850 g/mol. The first-order valence-corrected chi connectivity index (χ1v) is 46.3. The van der Waals surface area contributed by atoms with Crippen LogP contribution in [0.3, 0.4) is 0 Å². The maximum atomic E-state index is 13.5. The van der Waals surface area contributed by atoms with E-state index in [1.54, 1.807) is 97.2 Å². The van der Waals surface area contributed by atoms with Gasteiger partial charge in [-0.2, -0.15) is 0 Å². The Labute approximate surface area is 783 Å². The summed E-state index contributed by atoms with van der Waals surface area (Å²) in [5, 5.41) is 23.2. The SMILES string of the molecule is C.C=C(COc1ccc2ccccc2c1)Nc1ccc(C)c(F)c1.CC(=O)C1CSC(c2ccc(OCc3ccc(F)cc3)cc2)N1.CCCCCCN1C(=O)C(=O)c2ccccc21.CCCCN1C(=O)C(Cl)=C(Cl)C1NC(=O)c1ccccc1.CCCCOc1ccc(C(=O)CCN2CCOCC2)cc1.CCN1CCC(O)(c2ccc(F)cc2)C(C(=O)c2ccc(C)cc2)C1. The molecule has 15 rings (SSSR count). The number of fused-ring (bicyclic) bond motifs is 2. The number of halogens is 5. The van der Waals surface area contributed by atoms with Gasteiger partial charge in [0.05, 0.1) is 53.4 Å². The van der Waals surface area contributed by atoms with E-state index in [4.69, 9.17) is 42.1 Å². The maximum Gasteiger partial charge on any atom is 0.299 e. The minimum absolute atomic E-state index is 0. The molecule has 131 heavy (non-hydrogen) atoms. The molecule has 5 heterocycles. The second kappa shape index (κ2) is 52.7. The fourth-order valence-electron chi connectivity index (χ4n) is 14.9. The van der Waals surface area contributed by atoms with Crippen LogP contribution in [0.25, 0.3) is 10.8 Å². The van der Waals surface area contributed by atoms with E-state index in [1.807, 2.05) is 147 Å². The number of nitrogens with one attached hydrogen (secondary N) is 3. The highest BCUT2D eigenvalue weighted by atomic mass is 35.5. The number of likely N-dealkylation sites (tertiary alicyclic amines) is 1. The molecule has 3 saturated heterocycles. The zero-order valence-electron chi connectivity index (χ0n) is 75.0. The number of piperidine rings is 1. The van der Waals surface area contributed by atoms with Gasteiger partial charge in [-0.3, -0.25) is 43.8 Å². The van der Waals surface area contributed by atoms with Crippen LogP contribution in [0.15, 0.2) is 259 Å². The molecule has 10 aromatic carbocycles. The number of unbranched alkanes of at least 4 members (excludes halogenated alkanes) is 5. The summed E-state index contributed by atoms with van der Waals surface area (Å²) >= 11 is 13.8. The number of ketones is 4. The van der Waals surface area contributed by atoms with Crippen LogP contribution in [0.2, 0.25) is 0 Å². The van der Waals surface area contributed by atoms with Crippen molar-refractivity contribution in [2.75, 3.05) is 94.8 Å². The molecule has 0 aromatic heterocycles. The van der Waals surface area contributed by atoms with Crippen molar-refractivity contribution in [3.63, 3.8) is 0 Å². The van der Waals surface area contributed by atoms with Crippen molar-refractivity contribution < 1.29 is 70.8 Å². The number of carbonyl (C=O) groups excluding carboxylic acids is 7. The minimum atomic E-state index is -1.28. The third-order valence-electron chi connectivity index (χ3n) is 22.8. The van der Waals surface area contributed by atoms with Gasteiger partial charge in [0.15, 0.2) is 11.6 Å². The maximum absolute atomic E-state index is 13.5. The van der Waals surface area contributed by atoms with Crippen LogP contribution < -0.4 is 35.1 Å². The number of anilines is 2. The molecule has 0 bridgehead atoms. The highest BCUT2D eigenvalue weighted by Gasteiger charge is 2.47. The van der Waals surface area contributed by atoms with Crippen molar-refractivity contribution in [2.24, 2.45) is 5.92 Å². The first kappa shape index (κ1) is 103.